The molecule has 3 aliphatic rings. The predicted molar refractivity (Wildman–Crippen MR) is 87.3 cm³/mol. The van der Waals surface area contributed by atoms with Crippen molar-refractivity contribution in [2.75, 3.05) is 19.7 Å². The van der Waals surface area contributed by atoms with Gasteiger partial charge in [0.1, 0.15) is 0 Å². The summed E-state index contributed by atoms with van der Waals surface area (Å²) in [4.78, 5) is 2.84. The smallest absolute Gasteiger partial charge is 0.0731 e. The molecule has 2 saturated carbocycles. The molecule has 0 aromatic carbocycles. The van der Waals surface area contributed by atoms with Crippen molar-refractivity contribution in [1.82, 2.24) is 4.90 Å². The van der Waals surface area contributed by atoms with Crippen LogP contribution in [-0.2, 0) is 4.74 Å². The van der Waals surface area contributed by atoms with Crippen LogP contribution in [0.4, 0.5) is 0 Å². The second-order valence-corrected chi connectivity index (χ2v) is 7.86. The molecule has 0 aromatic heterocycles. The maximum Gasteiger partial charge on any atom is 0.0731 e. The standard InChI is InChI=1S/C18H34N2O/c1-14(2)15-7-5-6-10-18(15,13-19)20-11-12-21-17-9-4-3-8-16(17)20/h14-17H,3-13,19H2,1-2H3. The largest absolute Gasteiger partial charge is 0.375 e. The van der Waals surface area contributed by atoms with E-state index in [1.165, 1.54) is 51.4 Å². The fourth-order valence-electron chi connectivity index (χ4n) is 5.58. The van der Waals surface area contributed by atoms with Gasteiger partial charge in [0.15, 0.2) is 0 Å². The van der Waals surface area contributed by atoms with Gasteiger partial charge in [-0.1, -0.05) is 39.5 Å². The van der Waals surface area contributed by atoms with Crippen LogP contribution < -0.4 is 5.73 Å². The van der Waals surface area contributed by atoms with E-state index in [1.807, 2.05) is 0 Å². The monoisotopic (exact) mass is 294 g/mol. The Balaban J connectivity index is 1.88. The predicted octanol–water partition coefficient (Wildman–Crippen LogP) is 3.17. The molecule has 3 rings (SSSR count). The van der Waals surface area contributed by atoms with Crippen molar-refractivity contribution in [2.24, 2.45) is 17.6 Å². The number of rotatable bonds is 3. The lowest BCUT2D eigenvalue weighted by Gasteiger charge is -2.58. The van der Waals surface area contributed by atoms with Gasteiger partial charge in [-0.15, -0.1) is 0 Å². The lowest BCUT2D eigenvalue weighted by molar-refractivity contribution is -0.150. The molecule has 122 valence electrons. The molecule has 1 aliphatic heterocycles. The van der Waals surface area contributed by atoms with Crippen molar-refractivity contribution in [3.63, 3.8) is 0 Å². The van der Waals surface area contributed by atoms with E-state index in [1.54, 1.807) is 0 Å². The van der Waals surface area contributed by atoms with Crippen molar-refractivity contribution < 1.29 is 4.74 Å². The van der Waals surface area contributed by atoms with Crippen LogP contribution in [0.25, 0.3) is 0 Å². The fraction of sp³-hybridized carbons (Fsp3) is 1.00. The van der Waals surface area contributed by atoms with Gasteiger partial charge >= 0.3 is 0 Å². The SMILES string of the molecule is CC(C)C1CCCCC1(CN)N1CCOC2CCCCC21. The first-order valence-electron chi connectivity index (χ1n) is 9.27. The molecule has 0 radical (unpaired) electrons. The normalized spacial score (nSPS) is 42.0. The average molecular weight is 294 g/mol. The van der Waals surface area contributed by atoms with Crippen molar-refractivity contribution in [3.8, 4) is 0 Å². The Kier molecular flexibility index (Phi) is 4.92. The Bertz CT molecular complexity index is 344. The van der Waals surface area contributed by atoms with E-state index in [4.69, 9.17) is 10.5 Å². The van der Waals surface area contributed by atoms with E-state index < -0.39 is 0 Å². The van der Waals surface area contributed by atoms with Crippen LogP contribution in [0.3, 0.4) is 0 Å². The lowest BCUT2D eigenvalue weighted by Crippen LogP contribution is -2.68. The summed E-state index contributed by atoms with van der Waals surface area (Å²) in [6.07, 6.45) is 11.2. The molecule has 0 spiro atoms. The minimum Gasteiger partial charge on any atom is -0.375 e. The van der Waals surface area contributed by atoms with Crippen LogP contribution in [-0.4, -0.2) is 42.3 Å². The zero-order chi connectivity index (χ0) is 14.9. The van der Waals surface area contributed by atoms with Crippen molar-refractivity contribution in [3.05, 3.63) is 0 Å². The molecule has 3 fully saturated rings. The third-order valence-electron chi connectivity index (χ3n) is 6.53. The van der Waals surface area contributed by atoms with Gasteiger partial charge in [0.25, 0.3) is 0 Å². The van der Waals surface area contributed by atoms with Gasteiger partial charge in [-0.2, -0.15) is 0 Å². The Morgan fingerprint density at radius 2 is 1.90 bits per heavy atom. The Labute approximate surface area is 130 Å². The maximum absolute atomic E-state index is 6.44. The highest BCUT2D eigenvalue weighted by atomic mass is 16.5. The zero-order valence-corrected chi connectivity index (χ0v) is 14.0. The Morgan fingerprint density at radius 3 is 2.67 bits per heavy atom. The highest BCUT2D eigenvalue weighted by molar-refractivity contribution is 5.05. The summed E-state index contributed by atoms with van der Waals surface area (Å²) in [5.74, 6) is 1.50. The molecule has 3 heteroatoms. The van der Waals surface area contributed by atoms with E-state index in [2.05, 4.69) is 18.7 Å². The van der Waals surface area contributed by atoms with Gasteiger partial charge in [-0.3, -0.25) is 4.90 Å². The molecule has 2 aliphatic carbocycles. The number of hydrogen-bond donors (Lipinski definition) is 1. The highest BCUT2D eigenvalue weighted by Crippen LogP contribution is 2.45. The van der Waals surface area contributed by atoms with E-state index in [9.17, 15) is 0 Å². The third kappa shape index (κ3) is 2.77. The maximum atomic E-state index is 6.44. The van der Waals surface area contributed by atoms with E-state index in [0.29, 0.717) is 12.1 Å². The molecule has 4 unspecified atom stereocenters. The summed E-state index contributed by atoms with van der Waals surface area (Å²) in [6, 6.07) is 0.635. The molecule has 0 amide bonds. The summed E-state index contributed by atoms with van der Waals surface area (Å²) < 4.78 is 6.11. The first kappa shape index (κ1) is 15.8. The molecule has 3 nitrogen and oxygen atoms in total. The number of hydrogen-bond acceptors (Lipinski definition) is 3. The first-order valence-corrected chi connectivity index (χ1v) is 9.27. The molecule has 2 N–H and O–H groups in total. The topological polar surface area (TPSA) is 38.5 Å². The minimum atomic E-state index is 0.246. The van der Waals surface area contributed by atoms with Gasteiger partial charge in [0, 0.05) is 24.7 Å². The van der Waals surface area contributed by atoms with Crippen LogP contribution in [0.15, 0.2) is 0 Å². The lowest BCUT2D eigenvalue weighted by atomic mass is 9.65. The van der Waals surface area contributed by atoms with Gasteiger partial charge in [0.05, 0.1) is 12.7 Å². The van der Waals surface area contributed by atoms with Crippen LogP contribution >= 0.6 is 0 Å². The second kappa shape index (κ2) is 6.55. The molecule has 4 atom stereocenters. The second-order valence-electron chi connectivity index (χ2n) is 7.86. The summed E-state index contributed by atoms with van der Waals surface area (Å²) in [6.45, 7) is 7.65. The quantitative estimate of drug-likeness (QED) is 0.869. The summed E-state index contributed by atoms with van der Waals surface area (Å²) in [5.41, 5.74) is 6.68. The molecule has 0 aromatic rings. The summed E-state index contributed by atoms with van der Waals surface area (Å²) >= 11 is 0. The summed E-state index contributed by atoms with van der Waals surface area (Å²) in [5, 5.41) is 0. The molecular formula is C18H34N2O. The molecule has 1 saturated heterocycles. The molecule has 21 heavy (non-hydrogen) atoms. The van der Waals surface area contributed by atoms with Crippen LogP contribution in [0.1, 0.15) is 65.2 Å². The van der Waals surface area contributed by atoms with Gasteiger partial charge in [-0.25, -0.2) is 0 Å². The number of ether oxygens (including phenoxy) is 1. The van der Waals surface area contributed by atoms with E-state index in [-0.39, 0.29) is 5.54 Å². The van der Waals surface area contributed by atoms with Crippen molar-refractivity contribution in [2.45, 2.75) is 82.9 Å². The van der Waals surface area contributed by atoms with Crippen LogP contribution in [0, 0.1) is 11.8 Å². The molecule has 1 heterocycles. The van der Waals surface area contributed by atoms with E-state index in [0.717, 1.165) is 31.5 Å². The summed E-state index contributed by atoms with van der Waals surface area (Å²) in [7, 11) is 0. The van der Waals surface area contributed by atoms with Crippen LogP contribution in [0.5, 0.6) is 0 Å². The number of fused-ring (bicyclic) bond motifs is 1. The Morgan fingerprint density at radius 1 is 1.14 bits per heavy atom. The van der Waals surface area contributed by atoms with Gasteiger partial charge in [-0.05, 0) is 37.5 Å². The third-order valence-corrected chi connectivity index (χ3v) is 6.53. The van der Waals surface area contributed by atoms with E-state index >= 15 is 0 Å². The molecular weight excluding hydrogens is 260 g/mol. The number of nitrogens with two attached hydrogens (primary N) is 1. The zero-order valence-electron chi connectivity index (χ0n) is 14.0. The van der Waals surface area contributed by atoms with Crippen molar-refractivity contribution in [1.29, 1.82) is 0 Å². The number of morpholine rings is 1. The number of nitrogens with zero attached hydrogens (tertiary/aromatic N) is 1. The highest BCUT2D eigenvalue weighted by Gasteiger charge is 2.50. The molecule has 0 bridgehead atoms. The Hall–Kier alpha value is -0.120. The van der Waals surface area contributed by atoms with Crippen LogP contribution in [0.2, 0.25) is 0 Å². The van der Waals surface area contributed by atoms with Gasteiger partial charge in [0.2, 0.25) is 0 Å². The van der Waals surface area contributed by atoms with Gasteiger partial charge < -0.3 is 10.5 Å². The van der Waals surface area contributed by atoms with Crippen molar-refractivity contribution >= 4 is 0 Å². The average Bonchev–Trinajstić information content (AvgIpc) is 2.54. The fourth-order valence-corrected chi connectivity index (χ4v) is 5.58. The minimum absolute atomic E-state index is 0.246. The first-order chi connectivity index (χ1) is 10.2.